The zero-order valence-electron chi connectivity index (χ0n) is 20.8. The molecule has 1 amide bonds. The first-order chi connectivity index (χ1) is 16.9. The normalized spacial score (nSPS) is 12.0. The van der Waals surface area contributed by atoms with Crippen molar-refractivity contribution in [2.75, 3.05) is 18.0 Å². The number of benzene rings is 3. The Morgan fingerprint density at radius 3 is 2.28 bits per heavy atom. The monoisotopic (exact) mass is 511 g/mol. The van der Waals surface area contributed by atoms with E-state index in [2.05, 4.69) is 5.32 Å². The maximum Gasteiger partial charge on any atom is 0.273 e. The van der Waals surface area contributed by atoms with E-state index in [1.54, 1.807) is 12.1 Å². The highest BCUT2D eigenvalue weighted by atomic mass is 32.2. The van der Waals surface area contributed by atoms with Crippen LogP contribution in [0.2, 0.25) is 0 Å². The molecule has 0 saturated carbocycles. The second-order valence-electron chi connectivity index (χ2n) is 8.56. The number of ether oxygens (including phenoxy) is 1. The minimum Gasteiger partial charge on any atom is -0.497 e. The van der Waals surface area contributed by atoms with Gasteiger partial charge in [-0.1, -0.05) is 29.8 Å². The number of nitrogens with one attached hydrogen (secondary N) is 1. The van der Waals surface area contributed by atoms with Crippen LogP contribution in [0.3, 0.4) is 0 Å². The van der Waals surface area contributed by atoms with Crippen molar-refractivity contribution >= 4 is 27.3 Å². The van der Waals surface area contributed by atoms with E-state index in [-0.39, 0.29) is 22.3 Å². The summed E-state index contributed by atoms with van der Waals surface area (Å²) in [6.07, 6.45) is 0. The topological polar surface area (TPSA) is 119 Å². The van der Waals surface area contributed by atoms with E-state index in [1.165, 1.54) is 38.3 Å². The fourth-order valence-electron chi connectivity index (χ4n) is 3.94. The quantitative estimate of drug-likeness (QED) is 0.331. The van der Waals surface area contributed by atoms with Crippen LogP contribution in [0, 0.1) is 30.9 Å². The van der Waals surface area contributed by atoms with Gasteiger partial charge in [-0.3, -0.25) is 19.2 Å². The first-order valence-electron chi connectivity index (χ1n) is 11.2. The summed E-state index contributed by atoms with van der Waals surface area (Å²) in [6.45, 7) is 6.75. The number of hydrogen-bond acceptors (Lipinski definition) is 6. The highest BCUT2D eigenvalue weighted by molar-refractivity contribution is 7.92. The second kappa shape index (κ2) is 10.8. The van der Waals surface area contributed by atoms with Crippen molar-refractivity contribution in [2.45, 2.75) is 38.6 Å². The minimum atomic E-state index is -4.33. The van der Waals surface area contributed by atoms with Crippen molar-refractivity contribution in [3.05, 3.63) is 93.0 Å². The Bertz CT molecular complexity index is 1390. The van der Waals surface area contributed by atoms with E-state index < -0.39 is 27.4 Å². The van der Waals surface area contributed by atoms with Crippen LogP contribution in [0.4, 0.5) is 11.4 Å². The summed E-state index contributed by atoms with van der Waals surface area (Å²) < 4.78 is 33.4. The molecule has 10 heteroatoms. The maximum atomic E-state index is 13.6. The van der Waals surface area contributed by atoms with Crippen LogP contribution >= 0.6 is 0 Å². The molecule has 0 aliphatic carbocycles. The summed E-state index contributed by atoms with van der Waals surface area (Å²) in [5.74, 6) is -0.0153. The van der Waals surface area contributed by atoms with Gasteiger partial charge in [0.15, 0.2) is 0 Å². The Labute approximate surface area is 210 Å². The van der Waals surface area contributed by atoms with E-state index >= 15 is 0 Å². The Hall–Kier alpha value is -3.92. The Balaban J connectivity index is 1.97. The van der Waals surface area contributed by atoms with E-state index in [1.807, 2.05) is 39.0 Å². The maximum absolute atomic E-state index is 13.6. The molecule has 3 aromatic carbocycles. The molecule has 9 nitrogen and oxygen atoms in total. The fourth-order valence-corrected chi connectivity index (χ4v) is 5.39. The van der Waals surface area contributed by atoms with E-state index in [9.17, 15) is 23.3 Å². The third kappa shape index (κ3) is 5.83. The van der Waals surface area contributed by atoms with Gasteiger partial charge in [0.1, 0.15) is 12.3 Å². The number of amides is 1. The number of nitrogens with zero attached hydrogens (tertiary/aromatic N) is 2. The van der Waals surface area contributed by atoms with Gasteiger partial charge in [-0.15, -0.1) is 0 Å². The number of carbonyl (C=O) groups excluding carboxylic acids is 1. The smallest absolute Gasteiger partial charge is 0.273 e. The average molecular weight is 512 g/mol. The lowest BCUT2D eigenvalue weighted by Crippen LogP contribution is -2.41. The number of sulfonamides is 1. The van der Waals surface area contributed by atoms with Crippen LogP contribution in [0.5, 0.6) is 5.75 Å². The summed E-state index contributed by atoms with van der Waals surface area (Å²) in [5, 5.41) is 14.3. The molecule has 0 aromatic heterocycles. The van der Waals surface area contributed by atoms with Gasteiger partial charge < -0.3 is 10.1 Å². The standard InChI is InChI=1S/C26H29N3O6S/c1-17-6-13-24(19(3)14-17)20(4)27-26(30)16-28(21-8-10-22(35-5)11-9-21)36(33,34)23-12-7-18(2)25(15-23)29(31)32/h6-15,20H,16H2,1-5H3,(H,27,30)/t20-/m1/s1. The van der Waals surface area contributed by atoms with Crippen molar-refractivity contribution in [1.82, 2.24) is 5.32 Å². The third-order valence-corrected chi connectivity index (χ3v) is 7.65. The fraction of sp³-hybridized carbons (Fsp3) is 0.269. The van der Waals surface area contributed by atoms with E-state index in [4.69, 9.17) is 4.74 Å². The molecule has 0 heterocycles. The second-order valence-corrected chi connectivity index (χ2v) is 10.4. The van der Waals surface area contributed by atoms with Gasteiger partial charge >= 0.3 is 0 Å². The SMILES string of the molecule is COc1ccc(N(CC(=O)N[C@H](C)c2ccc(C)cc2C)S(=O)(=O)c2ccc(C)c([N+](=O)[O-])c2)cc1. The molecule has 0 spiro atoms. The lowest BCUT2D eigenvalue weighted by atomic mass is 10.0. The molecule has 0 aliphatic rings. The largest absolute Gasteiger partial charge is 0.497 e. The number of methoxy groups -OCH3 is 1. The molecular formula is C26H29N3O6S. The highest BCUT2D eigenvalue weighted by Crippen LogP contribution is 2.29. The van der Waals surface area contributed by atoms with Crippen molar-refractivity contribution in [1.29, 1.82) is 0 Å². The molecule has 0 bridgehead atoms. The van der Waals surface area contributed by atoms with Gasteiger partial charge in [-0.25, -0.2) is 8.42 Å². The zero-order valence-corrected chi connectivity index (χ0v) is 21.6. The minimum absolute atomic E-state index is 0.216. The summed E-state index contributed by atoms with van der Waals surface area (Å²) in [5.41, 5.74) is 3.25. The Morgan fingerprint density at radius 2 is 1.69 bits per heavy atom. The first kappa shape index (κ1) is 26.7. The van der Waals surface area contributed by atoms with Crippen LogP contribution in [-0.4, -0.2) is 32.9 Å². The summed E-state index contributed by atoms with van der Waals surface area (Å²) in [6, 6.07) is 15.4. The molecule has 0 aliphatic heterocycles. The van der Waals surface area contributed by atoms with Gasteiger partial charge in [0.05, 0.1) is 28.7 Å². The molecule has 3 rings (SSSR count). The van der Waals surface area contributed by atoms with E-state index in [0.29, 0.717) is 11.3 Å². The Kier molecular flexibility index (Phi) is 7.99. The number of carbonyl (C=O) groups is 1. The van der Waals surface area contributed by atoms with Crippen LogP contribution in [0.1, 0.15) is 35.2 Å². The molecule has 1 N–H and O–H groups in total. The predicted molar refractivity (Wildman–Crippen MR) is 138 cm³/mol. The molecule has 0 radical (unpaired) electrons. The van der Waals surface area contributed by atoms with Gasteiger partial charge in [-0.05, 0) is 69.2 Å². The molecule has 0 unspecified atom stereocenters. The summed E-state index contributed by atoms with van der Waals surface area (Å²) in [7, 11) is -2.85. The molecule has 0 saturated heterocycles. The van der Waals surface area contributed by atoms with Gasteiger partial charge in [0.2, 0.25) is 5.91 Å². The number of hydrogen-bond donors (Lipinski definition) is 1. The van der Waals surface area contributed by atoms with Gasteiger partial charge in [0, 0.05) is 11.6 Å². The van der Waals surface area contributed by atoms with Gasteiger partial charge in [-0.2, -0.15) is 0 Å². The third-order valence-electron chi connectivity index (χ3n) is 5.88. The zero-order chi connectivity index (χ0) is 26.6. The Morgan fingerprint density at radius 1 is 1.03 bits per heavy atom. The lowest BCUT2D eigenvalue weighted by Gasteiger charge is -2.25. The van der Waals surface area contributed by atoms with Crippen LogP contribution in [-0.2, 0) is 14.8 Å². The molecule has 0 fully saturated rings. The van der Waals surface area contributed by atoms with Crippen molar-refractivity contribution in [3.63, 3.8) is 0 Å². The average Bonchev–Trinajstić information content (AvgIpc) is 2.82. The molecular weight excluding hydrogens is 482 g/mol. The number of aryl methyl sites for hydroxylation is 3. The molecule has 36 heavy (non-hydrogen) atoms. The number of nitro groups is 1. The van der Waals surface area contributed by atoms with Crippen molar-refractivity contribution in [3.8, 4) is 5.75 Å². The molecule has 190 valence electrons. The predicted octanol–water partition coefficient (Wildman–Crippen LogP) is 4.60. The molecule has 3 aromatic rings. The number of rotatable bonds is 9. The summed E-state index contributed by atoms with van der Waals surface area (Å²) >= 11 is 0. The van der Waals surface area contributed by atoms with Crippen LogP contribution in [0.25, 0.3) is 0 Å². The van der Waals surface area contributed by atoms with Crippen LogP contribution in [0.15, 0.2) is 65.6 Å². The van der Waals surface area contributed by atoms with E-state index in [0.717, 1.165) is 27.1 Å². The lowest BCUT2D eigenvalue weighted by molar-refractivity contribution is -0.385. The highest BCUT2D eigenvalue weighted by Gasteiger charge is 2.30. The van der Waals surface area contributed by atoms with Crippen molar-refractivity contribution < 1.29 is 22.9 Å². The first-order valence-corrected chi connectivity index (χ1v) is 12.7. The van der Waals surface area contributed by atoms with Gasteiger partial charge in [0.25, 0.3) is 15.7 Å². The number of nitro benzene ring substituents is 1. The number of anilines is 1. The van der Waals surface area contributed by atoms with Crippen LogP contribution < -0.4 is 14.4 Å². The molecule has 1 atom stereocenters. The van der Waals surface area contributed by atoms with Crippen molar-refractivity contribution in [2.24, 2.45) is 0 Å². The summed E-state index contributed by atoms with van der Waals surface area (Å²) in [4.78, 5) is 23.6.